The lowest BCUT2D eigenvalue weighted by molar-refractivity contribution is -0.135. The molecule has 0 atom stereocenters. The first-order valence-corrected chi connectivity index (χ1v) is 9.56. The van der Waals surface area contributed by atoms with Gasteiger partial charge in [0.2, 0.25) is 11.8 Å². The fourth-order valence-corrected chi connectivity index (χ4v) is 3.54. The molecule has 0 radical (unpaired) electrons. The van der Waals surface area contributed by atoms with E-state index < -0.39 is 11.6 Å². The van der Waals surface area contributed by atoms with Crippen LogP contribution in [0.4, 0.5) is 10.5 Å². The number of urea groups is 1. The Kier molecular flexibility index (Phi) is 5.67. The van der Waals surface area contributed by atoms with Crippen LogP contribution >= 0.6 is 0 Å². The van der Waals surface area contributed by atoms with Gasteiger partial charge in [0, 0.05) is 37.7 Å². The molecule has 5 amide bonds. The summed E-state index contributed by atoms with van der Waals surface area (Å²) in [5.74, 6) is -0.579. The Morgan fingerprint density at radius 2 is 1.79 bits per heavy atom. The van der Waals surface area contributed by atoms with Crippen molar-refractivity contribution in [3.8, 4) is 0 Å². The molecule has 0 aromatic heterocycles. The van der Waals surface area contributed by atoms with Gasteiger partial charge in [0.1, 0.15) is 5.54 Å². The van der Waals surface area contributed by atoms with Crippen LogP contribution < -0.4 is 10.6 Å². The average Bonchev–Trinajstić information content (AvgIpc) is 2.87. The van der Waals surface area contributed by atoms with Crippen molar-refractivity contribution in [3.63, 3.8) is 0 Å². The van der Waals surface area contributed by atoms with Crippen molar-refractivity contribution < 1.29 is 19.2 Å². The number of anilines is 1. The monoisotopic (exact) mass is 386 g/mol. The van der Waals surface area contributed by atoms with Gasteiger partial charge in [-0.2, -0.15) is 0 Å². The number of rotatable bonds is 5. The van der Waals surface area contributed by atoms with Gasteiger partial charge in [-0.05, 0) is 38.8 Å². The molecule has 3 rings (SSSR count). The lowest BCUT2D eigenvalue weighted by atomic mass is 9.95. The maximum Gasteiger partial charge on any atom is 0.325 e. The van der Waals surface area contributed by atoms with Gasteiger partial charge in [-0.1, -0.05) is 18.2 Å². The molecule has 0 unspecified atom stereocenters. The Balaban J connectivity index is 1.44. The Morgan fingerprint density at radius 3 is 2.36 bits per heavy atom. The van der Waals surface area contributed by atoms with E-state index in [0.29, 0.717) is 25.9 Å². The quantitative estimate of drug-likeness (QED) is 0.751. The maximum atomic E-state index is 12.5. The molecule has 2 fully saturated rings. The van der Waals surface area contributed by atoms with Gasteiger partial charge in [0.25, 0.3) is 5.91 Å². The second-order valence-corrected chi connectivity index (χ2v) is 7.77. The van der Waals surface area contributed by atoms with E-state index in [-0.39, 0.29) is 36.6 Å². The number of imide groups is 1. The van der Waals surface area contributed by atoms with Crippen molar-refractivity contribution in [2.75, 3.05) is 25.0 Å². The molecule has 8 nitrogen and oxygen atoms in total. The standard InChI is InChI=1S/C20H26N4O4/c1-20(2)18(27)24(19(28)22-20)13-10-16(25)23-11-8-14(9-12-23)17(26)21-15-6-4-3-5-7-15/h3-7,14H,8-13H2,1-2H3,(H,21,26)(H,22,28). The SMILES string of the molecule is CC1(C)NC(=O)N(CCC(=O)N2CCC(C(=O)Nc3ccccc3)CC2)C1=O. The fraction of sp³-hybridized carbons (Fsp3) is 0.500. The summed E-state index contributed by atoms with van der Waals surface area (Å²) >= 11 is 0. The molecule has 1 aromatic carbocycles. The molecule has 8 heteroatoms. The Bertz CT molecular complexity index is 770. The van der Waals surface area contributed by atoms with E-state index in [1.807, 2.05) is 30.3 Å². The zero-order valence-corrected chi connectivity index (χ0v) is 16.2. The second kappa shape index (κ2) is 8.00. The molecular weight excluding hydrogens is 360 g/mol. The highest BCUT2D eigenvalue weighted by atomic mass is 16.2. The highest BCUT2D eigenvalue weighted by Gasteiger charge is 2.44. The normalized spacial score (nSPS) is 19.5. The molecule has 2 aliphatic heterocycles. The number of nitrogens with zero attached hydrogens (tertiary/aromatic N) is 2. The topological polar surface area (TPSA) is 98.8 Å². The van der Waals surface area contributed by atoms with Crippen molar-refractivity contribution in [3.05, 3.63) is 30.3 Å². The molecule has 28 heavy (non-hydrogen) atoms. The molecule has 2 saturated heterocycles. The number of amides is 5. The molecule has 0 aliphatic carbocycles. The minimum absolute atomic E-state index is 0.0279. The van der Waals surface area contributed by atoms with Gasteiger partial charge in [-0.25, -0.2) is 4.79 Å². The van der Waals surface area contributed by atoms with Crippen LogP contribution in [0, 0.1) is 5.92 Å². The first-order valence-electron chi connectivity index (χ1n) is 9.56. The van der Waals surface area contributed by atoms with Crippen LogP contribution in [-0.2, 0) is 14.4 Å². The summed E-state index contributed by atoms with van der Waals surface area (Å²) in [6.45, 7) is 4.34. The minimum atomic E-state index is -0.926. The number of benzene rings is 1. The number of carbonyl (C=O) groups is 4. The lowest BCUT2D eigenvalue weighted by Gasteiger charge is -2.31. The molecule has 2 aliphatic rings. The first kappa shape index (κ1) is 19.9. The molecule has 1 aromatic rings. The number of para-hydroxylation sites is 1. The number of hydrogen-bond acceptors (Lipinski definition) is 4. The minimum Gasteiger partial charge on any atom is -0.343 e. The van der Waals surface area contributed by atoms with Crippen molar-refractivity contribution in [1.29, 1.82) is 0 Å². The summed E-state index contributed by atoms with van der Waals surface area (Å²) in [6, 6.07) is 8.84. The van der Waals surface area contributed by atoms with Crippen molar-refractivity contribution in [1.82, 2.24) is 15.1 Å². The molecule has 150 valence electrons. The van der Waals surface area contributed by atoms with Crippen molar-refractivity contribution >= 4 is 29.4 Å². The number of nitrogens with one attached hydrogen (secondary N) is 2. The molecule has 2 heterocycles. The summed E-state index contributed by atoms with van der Waals surface area (Å²) in [6.07, 6.45) is 1.29. The van der Waals surface area contributed by atoms with Gasteiger partial charge >= 0.3 is 6.03 Å². The van der Waals surface area contributed by atoms with Crippen molar-refractivity contribution in [2.24, 2.45) is 5.92 Å². The van der Waals surface area contributed by atoms with E-state index in [0.717, 1.165) is 10.6 Å². The lowest BCUT2D eigenvalue weighted by Crippen LogP contribution is -2.43. The molecule has 0 saturated carbocycles. The van der Waals surface area contributed by atoms with Gasteiger partial charge in [-0.15, -0.1) is 0 Å². The predicted octanol–water partition coefficient (Wildman–Crippen LogP) is 1.58. The van der Waals surface area contributed by atoms with Gasteiger partial charge in [0.15, 0.2) is 0 Å². The highest BCUT2D eigenvalue weighted by Crippen LogP contribution is 2.21. The molecular formula is C20H26N4O4. The van der Waals surface area contributed by atoms with Crippen LogP contribution in [0.5, 0.6) is 0 Å². The summed E-state index contributed by atoms with van der Waals surface area (Å²) < 4.78 is 0. The van der Waals surface area contributed by atoms with Gasteiger partial charge in [-0.3, -0.25) is 19.3 Å². The molecule has 0 bridgehead atoms. The smallest absolute Gasteiger partial charge is 0.325 e. The van der Waals surface area contributed by atoms with Crippen LogP contribution in [-0.4, -0.2) is 58.7 Å². The zero-order valence-electron chi connectivity index (χ0n) is 16.2. The predicted molar refractivity (Wildman–Crippen MR) is 103 cm³/mol. The highest BCUT2D eigenvalue weighted by molar-refractivity contribution is 6.06. The van der Waals surface area contributed by atoms with E-state index in [1.165, 1.54) is 0 Å². The molecule has 2 N–H and O–H groups in total. The first-order chi connectivity index (χ1) is 13.3. The fourth-order valence-electron chi connectivity index (χ4n) is 3.54. The number of piperidine rings is 1. The van der Waals surface area contributed by atoms with E-state index in [9.17, 15) is 19.2 Å². The van der Waals surface area contributed by atoms with Crippen molar-refractivity contribution in [2.45, 2.75) is 38.6 Å². The van der Waals surface area contributed by atoms with E-state index in [4.69, 9.17) is 0 Å². The molecule has 0 spiro atoms. The van der Waals surface area contributed by atoms with Gasteiger partial charge < -0.3 is 15.5 Å². The van der Waals surface area contributed by atoms with E-state index in [1.54, 1.807) is 18.7 Å². The third-order valence-corrected chi connectivity index (χ3v) is 5.25. The van der Waals surface area contributed by atoms with E-state index in [2.05, 4.69) is 10.6 Å². The summed E-state index contributed by atoms with van der Waals surface area (Å²) in [5, 5.41) is 5.51. The van der Waals surface area contributed by atoms with Crippen LogP contribution in [0.25, 0.3) is 0 Å². The third-order valence-electron chi connectivity index (χ3n) is 5.25. The number of likely N-dealkylation sites (tertiary alicyclic amines) is 1. The summed E-state index contributed by atoms with van der Waals surface area (Å²) in [5.41, 5.74) is -0.160. The summed E-state index contributed by atoms with van der Waals surface area (Å²) in [4.78, 5) is 51.7. The van der Waals surface area contributed by atoms with Crippen LogP contribution in [0.15, 0.2) is 30.3 Å². The Morgan fingerprint density at radius 1 is 1.14 bits per heavy atom. The Hall–Kier alpha value is -2.90. The van der Waals surface area contributed by atoms with Crippen LogP contribution in [0.3, 0.4) is 0 Å². The number of carbonyl (C=O) groups excluding carboxylic acids is 4. The van der Waals surface area contributed by atoms with Crippen LogP contribution in [0.1, 0.15) is 33.1 Å². The zero-order chi connectivity index (χ0) is 20.3. The number of hydrogen-bond donors (Lipinski definition) is 2. The van der Waals surface area contributed by atoms with Gasteiger partial charge in [0.05, 0.1) is 0 Å². The average molecular weight is 386 g/mol. The second-order valence-electron chi connectivity index (χ2n) is 7.77. The van der Waals surface area contributed by atoms with E-state index >= 15 is 0 Å². The maximum absolute atomic E-state index is 12.5. The largest absolute Gasteiger partial charge is 0.343 e. The summed E-state index contributed by atoms with van der Waals surface area (Å²) in [7, 11) is 0. The third kappa shape index (κ3) is 4.32. The van der Waals surface area contributed by atoms with Crippen LogP contribution in [0.2, 0.25) is 0 Å². The Labute approximate surface area is 164 Å².